The molecule has 0 fully saturated rings. The van der Waals surface area contributed by atoms with Crippen molar-refractivity contribution in [3.8, 4) is 102 Å². The number of aromatic nitrogens is 15. The van der Waals surface area contributed by atoms with E-state index in [1.807, 2.05) is 0 Å². The Morgan fingerprint density at radius 1 is 0.244 bits per heavy atom. The van der Waals surface area contributed by atoms with Crippen LogP contribution in [0.15, 0.2) is 127 Å². The molecular formula is C52H29N15O11. The molecule has 0 amide bonds. The average Bonchev–Trinajstić information content (AvgIpc) is 3.47. The van der Waals surface area contributed by atoms with Crippen molar-refractivity contribution in [1.82, 2.24) is 76.1 Å². The van der Waals surface area contributed by atoms with Gasteiger partial charge >= 0.3 is 29.8 Å². The Bertz CT molecular complexity index is 3550. The van der Waals surface area contributed by atoms with Crippen LogP contribution in [0.3, 0.4) is 0 Å². The predicted molar refractivity (Wildman–Crippen MR) is 267 cm³/mol. The van der Waals surface area contributed by atoms with E-state index in [0.29, 0.717) is 33.4 Å². The minimum atomic E-state index is -1.34. The van der Waals surface area contributed by atoms with Gasteiger partial charge in [-0.25, -0.2) is 38.9 Å². The fourth-order valence-electron chi connectivity index (χ4n) is 7.54. The standard InChI is InChI=1S/C52H29N15O11/c1-23(68)30-14-31(16-34(15-30)48(69)70)45-62-56-42(57-63-45)27-8-2-24(3-9-27)39-53-40(25-4-10-28(11-5-25)43-58-64-46(65-59-43)32-17-35(49(71)72)21-36(18-32)50(73)74)55-41(54-39)26-6-12-29(13-7-26)44-60-66-47(67-61-44)33-19-37(51(75)76)22-38(20-33)52(77)78/h2-22H,1H3,(H,69,70)(H,71,72)(H,73,74)(H,75,76)(H,77,78). The molecule has 0 saturated carbocycles. The molecule has 4 heterocycles. The second kappa shape index (κ2) is 20.6. The Balaban J connectivity index is 0.957. The maximum atomic E-state index is 12.1. The number of hydrogen-bond acceptors (Lipinski definition) is 21. The molecule has 0 bridgehead atoms. The molecule has 5 N–H and O–H groups in total. The van der Waals surface area contributed by atoms with E-state index in [9.17, 15) is 54.3 Å². The summed E-state index contributed by atoms with van der Waals surface area (Å²) in [5.74, 6) is -6.11. The van der Waals surface area contributed by atoms with Crippen LogP contribution in [0.25, 0.3) is 102 Å². The quantitative estimate of drug-likeness (QED) is 0.0702. The van der Waals surface area contributed by atoms with Gasteiger partial charge in [0.2, 0.25) is 34.9 Å². The van der Waals surface area contributed by atoms with Crippen LogP contribution in [0.1, 0.15) is 69.1 Å². The van der Waals surface area contributed by atoms with Gasteiger partial charge in [-0.15, -0.1) is 61.2 Å². The molecule has 0 radical (unpaired) electrons. The summed E-state index contributed by atoms with van der Waals surface area (Å²) in [7, 11) is 0. The summed E-state index contributed by atoms with van der Waals surface area (Å²) in [6.45, 7) is 1.31. The lowest BCUT2D eigenvalue weighted by Gasteiger charge is -2.10. The van der Waals surface area contributed by atoms with Gasteiger partial charge in [-0.2, -0.15) is 0 Å². The number of carboxylic acid groups (broad SMARTS) is 5. The summed E-state index contributed by atoms with van der Waals surface area (Å²) in [6, 6.07) is 31.3. The number of Topliss-reactive ketones (excluding diaryl/α,β-unsaturated/α-hetero) is 1. The molecule has 0 aliphatic rings. The van der Waals surface area contributed by atoms with E-state index in [2.05, 4.69) is 61.2 Å². The number of nitrogens with zero attached hydrogens (tertiary/aromatic N) is 15. The van der Waals surface area contributed by atoms with Crippen molar-refractivity contribution in [2.75, 3.05) is 0 Å². The summed E-state index contributed by atoms with van der Waals surface area (Å²) >= 11 is 0. The molecule has 10 aromatic rings. The monoisotopic (exact) mass is 1040 g/mol. The molecule has 0 aliphatic carbocycles. The summed E-state index contributed by atoms with van der Waals surface area (Å²) in [5, 5.41) is 97.2. The molecule has 10 rings (SSSR count). The van der Waals surface area contributed by atoms with Gasteiger partial charge in [0.1, 0.15) is 0 Å². The lowest BCUT2D eigenvalue weighted by Crippen LogP contribution is -2.05. The highest BCUT2D eigenvalue weighted by molar-refractivity contribution is 5.99. The van der Waals surface area contributed by atoms with Crippen LogP contribution in [0.2, 0.25) is 0 Å². The van der Waals surface area contributed by atoms with Gasteiger partial charge in [0.25, 0.3) is 0 Å². The maximum absolute atomic E-state index is 12.1. The van der Waals surface area contributed by atoms with Gasteiger partial charge in [0.05, 0.1) is 27.8 Å². The van der Waals surface area contributed by atoms with Crippen LogP contribution < -0.4 is 0 Å². The molecule has 26 heteroatoms. The van der Waals surface area contributed by atoms with Gasteiger partial charge in [0, 0.05) is 55.6 Å². The molecule has 0 spiro atoms. The Kier molecular flexibility index (Phi) is 13.1. The Morgan fingerprint density at radius 2 is 0.410 bits per heavy atom. The molecule has 78 heavy (non-hydrogen) atoms. The van der Waals surface area contributed by atoms with Crippen molar-refractivity contribution in [1.29, 1.82) is 0 Å². The molecule has 0 unspecified atom stereocenters. The first-order valence-corrected chi connectivity index (χ1v) is 22.5. The van der Waals surface area contributed by atoms with Gasteiger partial charge in [-0.1, -0.05) is 72.8 Å². The molecule has 4 aromatic heterocycles. The topological polar surface area (TPSA) is 397 Å². The minimum Gasteiger partial charge on any atom is -0.478 e. The highest BCUT2D eigenvalue weighted by Gasteiger charge is 2.20. The first-order valence-electron chi connectivity index (χ1n) is 22.5. The fraction of sp³-hybridized carbons (Fsp3) is 0.0192. The van der Waals surface area contributed by atoms with Gasteiger partial charge < -0.3 is 25.5 Å². The number of carboxylic acids is 5. The van der Waals surface area contributed by atoms with Crippen LogP contribution in [0, 0.1) is 0 Å². The Hall–Kier alpha value is -11.8. The first kappa shape index (κ1) is 49.7. The third kappa shape index (κ3) is 10.5. The summed E-state index contributed by atoms with van der Waals surface area (Å²) in [4.78, 5) is 85.0. The highest BCUT2D eigenvalue weighted by Crippen LogP contribution is 2.30. The van der Waals surface area contributed by atoms with Crippen LogP contribution in [0.4, 0.5) is 0 Å². The number of ketones is 1. The van der Waals surface area contributed by atoms with Crippen molar-refractivity contribution in [3.05, 3.63) is 161 Å². The Labute approximate surface area is 435 Å². The third-order valence-corrected chi connectivity index (χ3v) is 11.5. The number of benzene rings is 6. The smallest absolute Gasteiger partial charge is 0.335 e. The average molecular weight is 1040 g/mol. The molecule has 6 aromatic carbocycles. The fourth-order valence-corrected chi connectivity index (χ4v) is 7.54. The number of aromatic carboxylic acids is 5. The third-order valence-electron chi connectivity index (χ3n) is 11.5. The summed E-state index contributed by atoms with van der Waals surface area (Å²) in [5.41, 5.74) is 2.36. The lowest BCUT2D eigenvalue weighted by atomic mass is 10.0. The van der Waals surface area contributed by atoms with Gasteiger partial charge in [-0.3, -0.25) is 4.79 Å². The van der Waals surface area contributed by atoms with Crippen molar-refractivity contribution >= 4 is 35.6 Å². The summed E-state index contributed by atoms with van der Waals surface area (Å²) < 4.78 is 0. The number of carbonyl (C=O) groups is 6. The largest absolute Gasteiger partial charge is 0.478 e. The normalized spacial score (nSPS) is 10.9. The maximum Gasteiger partial charge on any atom is 0.335 e. The molecule has 26 nitrogen and oxygen atoms in total. The molecule has 0 saturated heterocycles. The van der Waals surface area contributed by atoms with E-state index in [1.165, 1.54) is 49.4 Å². The second-order valence-corrected chi connectivity index (χ2v) is 16.7. The van der Waals surface area contributed by atoms with Crippen molar-refractivity contribution < 1.29 is 54.3 Å². The lowest BCUT2D eigenvalue weighted by molar-refractivity contribution is 0.0676. The van der Waals surface area contributed by atoms with Crippen LogP contribution in [-0.4, -0.2) is 137 Å². The van der Waals surface area contributed by atoms with Crippen molar-refractivity contribution in [2.24, 2.45) is 0 Å². The number of rotatable bonds is 15. The SMILES string of the molecule is CC(=O)c1cc(C(=O)O)cc(-c2nnc(-c3ccc(-c4nc(-c5ccc(-c6nnc(-c7cc(C(=O)O)cc(C(=O)O)c7)nn6)cc5)nc(-c5ccc(-c6nnc(-c7cc(C(=O)O)cc(C(=O)O)c7)nn6)cc5)n4)cc3)nn2)c1. The number of hydrogen-bond donors (Lipinski definition) is 5. The second-order valence-electron chi connectivity index (χ2n) is 16.7. The van der Waals surface area contributed by atoms with E-state index in [4.69, 9.17) is 15.0 Å². The molecule has 0 atom stereocenters. The van der Waals surface area contributed by atoms with Gasteiger partial charge in [0.15, 0.2) is 23.3 Å². The minimum absolute atomic E-state index is 0.00130. The van der Waals surface area contributed by atoms with E-state index < -0.39 is 29.8 Å². The Morgan fingerprint density at radius 3 is 0.603 bits per heavy atom. The zero-order chi connectivity index (χ0) is 54.8. The van der Waals surface area contributed by atoms with E-state index in [0.717, 1.165) is 12.1 Å². The van der Waals surface area contributed by atoms with Crippen molar-refractivity contribution in [2.45, 2.75) is 6.92 Å². The van der Waals surface area contributed by atoms with Crippen LogP contribution in [0.5, 0.6) is 0 Å². The molecule has 378 valence electrons. The van der Waals surface area contributed by atoms with Crippen molar-refractivity contribution in [3.63, 3.8) is 0 Å². The van der Waals surface area contributed by atoms with Crippen LogP contribution >= 0.6 is 0 Å². The van der Waals surface area contributed by atoms with E-state index in [1.54, 1.807) is 72.8 Å². The zero-order valence-electron chi connectivity index (χ0n) is 39.5. The van der Waals surface area contributed by atoms with Crippen LogP contribution in [-0.2, 0) is 0 Å². The van der Waals surface area contributed by atoms with E-state index in [-0.39, 0.29) is 108 Å². The zero-order valence-corrected chi connectivity index (χ0v) is 39.5. The number of carbonyl (C=O) groups excluding carboxylic acids is 1. The molecule has 0 aliphatic heterocycles. The van der Waals surface area contributed by atoms with E-state index >= 15 is 0 Å². The highest BCUT2D eigenvalue weighted by atomic mass is 16.4. The summed E-state index contributed by atoms with van der Waals surface area (Å²) in [6.07, 6.45) is 0. The molecular weight excluding hydrogens is 1010 g/mol. The first-order chi connectivity index (χ1) is 37.5. The predicted octanol–water partition coefficient (Wildman–Crippen LogP) is 6.31. The van der Waals surface area contributed by atoms with Gasteiger partial charge in [-0.05, 0) is 61.5 Å².